The molecule has 1 aliphatic rings. The molecule has 0 atom stereocenters. The standard InChI is InChI=1S/C22H19N5O2/c28-19-5-1-3-14-6-7-16(24-20(14)19)12-27-10-8-18-17(13-27)22(29)26-21(25-18)15-4-2-9-23-11-15/h1-7,9,11,28H,8,10,12-13H2,(H,25,26,29). The van der Waals surface area contributed by atoms with Gasteiger partial charge in [0.2, 0.25) is 0 Å². The highest BCUT2D eigenvalue weighted by Crippen LogP contribution is 2.24. The highest BCUT2D eigenvalue weighted by atomic mass is 16.3. The minimum Gasteiger partial charge on any atom is -0.506 e. The molecule has 0 amide bonds. The van der Waals surface area contributed by atoms with E-state index >= 15 is 0 Å². The maximum atomic E-state index is 12.7. The van der Waals surface area contributed by atoms with Crippen LogP contribution in [0.15, 0.2) is 59.7 Å². The lowest BCUT2D eigenvalue weighted by Crippen LogP contribution is -2.35. The largest absolute Gasteiger partial charge is 0.506 e. The fourth-order valence-electron chi connectivity index (χ4n) is 3.74. The smallest absolute Gasteiger partial charge is 0.255 e. The lowest BCUT2D eigenvalue weighted by Gasteiger charge is -2.27. The summed E-state index contributed by atoms with van der Waals surface area (Å²) in [5.74, 6) is 0.735. The van der Waals surface area contributed by atoms with Gasteiger partial charge in [0, 0.05) is 49.4 Å². The number of para-hydroxylation sites is 1. The van der Waals surface area contributed by atoms with E-state index in [1.807, 2.05) is 30.3 Å². The molecular weight excluding hydrogens is 366 g/mol. The molecule has 0 aliphatic carbocycles. The summed E-state index contributed by atoms with van der Waals surface area (Å²) in [6, 6.07) is 13.0. The number of benzene rings is 1. The zero-order chi connectivity index (χ0) is 19.8. The molecule has 29 heavy (non-hydrogen) atoms. The number of H-pyrrole nitrogens is 1. The van der Waals surface area contributed by atoms with Gasteiger partial charge < -0.3 is 10.1 Å². The van der Waals surface area contributed by atoms with Crippen molar-refractivity contribution >= 4 is 10.9 Å². The molecule has 0 bridgehead atoms. The van der Waals surface area contributed by atoms with Crippen LogP contribution >= 0.6 is 0 Å². The monoisotopic (exact) mass is 385 g/mol. The van der Waals surface area contributed by atoms with E-state index in [0.29, 0.717) is 36.4 Å². The van der Waals surface area contributed by atoms with Crippen LogP contribution in [0.5, 0.6) is 5.75 Å². The lowest BCUT2D eigenvalue weighted by atomic mass is 10.1. The third-order valence-electron chi connectivity index (χ3n) is 5.22. The number of rotatable bonds is 3. The molecule has 4 heterocycles. The van der Waals surface area contributed by atoms with Crippen molar-refractivity contribution in [3.8, 4) is 17.1 Å². The van der Waals surface area contributed by atoms with E-state index in [0.717, 1.165) is 28.9 Å². The van der Waals surface area contributed by atoms with Crippen molar-refractivity contribution in [2.24, 2.45) is 0 Å². The van der Waals surface area contributed by atoms with E-state index in [1.165, 1.54) is 0 Å². The number of hydrogen-bond donors (Lipinski definition) is 2. The molecule has 0 spiro atoms. The normalized spacial score (nSPS) is 14.1. The average molecular weight is 385 g/mol. The van der Waals surface area contributed by atoms with Crippen LogP contribution in [0.4, 0.5) is 0 Å². The summed E-state index contributed by atoms with van der Waals surface area (Å²) in [4.78, 5) is 31.1. The number of phenolic OH excluding ortho intramolecular Hbond substituents is 1. The predicted molar refractivity (Wildman–Crippen MR) is 109 cm³/mol. The molecule has 0 saturated heterocycles. The van der Waals surface area contributed by atoms with Crippen molar-refractivity contribution in [2.75, 3.05) is 6.54 Å². The summed E-state index contributed by atoms with van der Waals surface area (Å²) < 4.78 is 0. The number of aromatic hydroxyl groups is 1. The topological polar surface area (TPSA) is 95.0 Å². The zero-order valence-corrected chi connectivity index (χ0v) is 15.7. The molecule has 0 radical (unpaired) electrons. The summed E-state index contributed by atoms with van der Waals surface area (Å²) in [5.41, 5.74) is 3.69. The molecule has 144 valence electrons. The van der Waals surface area contributed by atoms with Crippen LogP contribution in [-0.4, -0.2) is 36.5 Å². The number of hydrogen-bond acceptors (Lipinski definition) is 6. The Kier molecular flexibility index (Phi) is 4.29. The van der Waals surface area contributed by atoms with Crippen LogP contribution in [0.25, 0.3) is 22.3 Å². The molecule has 1 aromatic carbocycles. The first-order valence-electron chi connectivity index (χ1n) is 9.50. The number of aromatic amines is 1. The van der Waals surface area contributed by atoms with Crippen molar-refractivity contribution < 1.29 is 5.11 Å². The van der Waals surface area contributed by atoms with Gasteiger partial charge in [-0.05, 0) is 24.3 Å². The fraction of sp³-hybridized carbons (Fsp3) is 0.182. The Hall–Kier alpha value is -3.58. The Bertz CT molecular complexity index is 1250. The minimum atomic E-state index is -0.109. The van der Waals surface area contributed by atoms with E-state index in [1.54, 1.807) is 24.5 Å². The number of pyridine rings is 2. The van der Waals surface area contributed by atoms with Crippen LogP contribution in [-0.2, 0) is 19.5 Å². The molecule has 0 saturated carbocycles. The fourth-order valence-corrected chi connectivity index (χ4v) is 3.74. The van der Waals surface area contributed by atoms with Crippen LogP contribution in [0.3, 0.4) is 0 Å². The van der Waals surface area contributed by atoms with Crippen LogP contribution in [0, 0.1) is 0 Å². The number of nitrogens with zero attached hydrogens (tertiary/aromatic N) is 4. The minimum absolute atomic E-state index is 0.109. The molecule has 2 N–H and O–H groups in total. The molecule has 4 aromatic rings. The van der Waals surface area contributed by atoms with Crippen molar-refractivity contribution in [3.05, 3.63) is 82.2 Å². The Labute approximate surface area is 166 Å². The second-order valence-electron chi connectivity index (χ2n) is 7.19. The van der Waals surface area contributed by atoms with Crippen molar-refractivity contribution in [3.63, 3.8) is 0 Å². The third-order valence-corrected chi connectivity index (χ3v) is 5.22. The summed E-state index contributed by atoms with van der Waals surface area (Å²) in [6.45, 7) is 1.91. The van der Waals surface area contributed by atoms with E-state index in [9.17, 15) is 9.90 Å². The first kappa shape index (κ1) is 17.5. The summed E-state index contributed by atoms with van der Waals surface area (Å²) >= 11 is 0. The molecule has 5 rings (SSSR count). The van der Waals surface area contributed by atoms with Gasteiger partial charge in [0.15, 0.2) is 0 Å². The molecular formula is C22H19N5O2. The van der Waals surface area contributed by atoms with Gasteiger partial charge in [0.05, 0.1) is 17.0 Å². The van der Waals surface area contributed by atoms with Crippen molar-refractivity contribution in [1.29, 1.82) is 0 Å². The molecule has 1 aliphatic heterocycles. The molecule has 7 nitrogen and oxygen atoms in total. The highest BCUT2D eigenvalue weighted by Gasteiger charge is 2.22. The number of phenols is 1. The van der Waals surface area contributed by atoms with Gasteiger partial charge in [-0.25, -0.2) is 9.97 Å². The van der Waals surface area contributed by atoms with Gasteiger partial charge in [-0.1, -0.05) is 18.2 Å². The van der Waals surface area contributed by atoms with Crippen LogP contribution in [0.2, 0.25) is 0 Å². The lowest BCUT2D eigenvalue weighted by molar-refractivity contribution is 0.239. The van der Waals surface area contributed by atoms with Crippen LogP contribution < -0.4 is 5.56 Å². The summed E-state index contributed by atoms with van der Waals surface area (Å²) in [6.07, 6.45) is 4.09. The van der Waals surface area contributed by atoms with Gasteiger partial charge in [0.1, 0.15) is 17.1 Å². The quantitative estimate of drug-likeness (QED) is 0.563. The van der Waals surface area contributed by atoms with E-state index < -0.39 is 0 Å². The molecule has 0 unspecified atom stereocenters. The molecule has 7 heteroatoms. The van der Waals surface area contributed by atoms with Crippen molar-refractivity contribution in [1.82, 2.24) is 24.8 Å². The Balaban J connectivity index is 1.40. The van der Waals surface area contributed by atoms with E-state index in [4.69, 9.17) is 0 Å². The average Bonchev–Trinajstić information content (AvgIpc) is 2.75. The number of nitrogens with one attached hydrogen (secondary N) is 1. The first-order chi connectivity index (χ1) is 14.2. The Morgan fingerprint density at radius 2 is 2.03 bits per heavy atom. The second kappa shape index (κ2) is 7.10. The van der Waals surface area contributed by atoms with Gasteiger partial charge in [-0.15, -0.1) is 0 Å². The summed E-state index contributed by atoms with van der Waals surface area (Å²) in [5, 5.41) is 11.0. The SMILES string of the molecule is O=c1[nH]c(-c2cccnc2)nc2c1CN(Cc1ccc3cccc(O)c3n1)CC2. The highest BCUT2D eigenvalue weighted by molar-refractivity contribution is 5.84. The Morgan fingerprint density at radius 3 is 2.90 bits per heavy atom. The number of aromatic nitrogens is 4. The molecule has 0 fully saturated rings. The van der Waals surface area contributed by atoms with E-state index in [2.05, 4.69) is 24.8 Å². The third kappa shape index (κ3) is 3.36. The number of fused-ring (bicyclic) bond motifs is 2. The van der Waals surface area contributed by atoms with Gasteiger partial charge >= 0.3 is 0 Å². The second-order valence-corrected chi connectivity index (χ2v) is 7.19. The maximum Gasteiger partial charge on any atom is 0.255 e. The van der Waals surface area contributed by atoms with Crippen LogP contribution in [0.1, 0.15) is 17.0 Å². The zero-order valence-electron chi connectivity index (χ0n) is 15.7. The van der Waals surface area contributed by atoms with E-state index in [-0.39, 0.29) is 11.3 Å². The maximum absolute atomic E-state index is 12.7. The predicted octanol–water partition coefficient (Wildman–Crippen LogP) is 2.64. The van der Waals surface area contributed by atoms with Gasteiger partial charge in [0.25, 0.3) is 5.56 Å². The van der Waals surface area contributed by atoms with Gasteiger partial charge in [-0.3, -0.25) is 14.7 Å². The first-order valence-corrected chi connectivity index (χ1v) is 9.50. The Morgan fingerprint density at radius 1 is 1.10 bits per heavy atom. The molecule has 3 aromatic heterocycles. The summed E-state index contributed by atoms with van der Waals surface area (Å²) in [7, 11) is 0. The van der Waals surface area contributed by atoms with Gasteiger partial charge in [-0.2, -0.15) is 0 Å². The van der Waals surface area contributed by atoms with Crippen molar-refractivity contribution in [2.45, 2.75) is 19.5 Å².